The zero-order chi connectivity index (χ0) is 29.1. The monoisotopic (exact) mass is 567 g/mol. The van der Waals surface area contributed by atoms with Crippen LogP contribution in [0.2, 0.25) is 0 Å². The van der Waals surface area contributed by atoms with E-state index in [0.717, 1.165) is 22.7 Å². The normalized spacial score (nSPS) is 11.8. The van der Waals surface area contributed by atoms with E-state index in [2.05, 4.69) is 5.32 Å². The van der Waals surface area contributed by atoms with Gasteiger partial charge < -0.3 is 19.7 Å². The zero-order valence-electron chi connectivity index (χ0n) is 23.4. The highest BCUT2D eigenvalue weighted by atomic mass is 32.2. The summed E-state index contributed by atoms with van der Waals surface area (Å²) in [5, 5.41) is 2.88. The number of carbonyl (C=O) groups excluding carboxylic acids is 2. The first-order valence-corrected chi connectivity index (χ1v) is 14.6. The summed E-state index contributed by atoms with van der Waals surface area (Å²) in [6, 6.07) is 20.7. The first-order chi connectivity index (χ1) is 19.2. The van der Waals surface area contributed by atoms with Crippen LogP contribution in [0.25, 0.3) is 0 Å². The lowest BCUT2D eigenvalue weighted by atomic mass is 10.1. The van der Waals surface area contributed by atoms with Gasteiger partial charge in [0.05, 0.1) is 24.8 Å². The van der Waals surface area contributed by atoms with E-state index in [1.165, 1.54) is 24.1 Å². The number of ether oxygens (including phenoxy) is 2. The van der Waals surface area contributed by atoms with E-state index in [1.54, 1.807) is 74.7 Å². The van der Waals surface area contributed by atoms with Gasteiger partial charge in [0.1, 0.15) is 24.1 Å². The highest BCUT2D eigenvalue weighted by Gasteiger charge is 2.32. The molecule has 0 bridgehead atoms. The number of hydrogen-bond acceptors (Lipinski definition) is 6. The molecular formula is C30H37N3O6S. The smallest absolute Gasteiger partial charge is 0.264 e. The van der Waals surface area contributed by atoms with E-state index >= 15 is 0 Å². The molecule has 0 saturated heterocycles. The first kappa shape index (κ1) is 30.5. The predicted octanol–water partition coefficient (Wildman–Crippen LogP) is 4.23. The van der Waals surface area contributed by atoms with Crippen LogP contribution >= 0.6 is 0 Å². The minimum atomic E-state index is -4.15. The van der Waals surface area contributed by atoms with E-state index < -0.39 is 28.5 Å². The van der Waals surface area contributed by atoms with Crippen LogP contribution in [0, 0.1) is 0 Å². The van der Waals surface area contributed by atoms with Gasteiger partial charge in [-0.1, -0.05) is 49.7 Å². The Morgan fingerprint density at radius 3 is 2.20 bits per heavy atom. The molecular weight excluding hydrogens is 530 g/mol. The molecule has 0 aromatic heterocycles. The van der Waals surface area contributed by atoms with Crippen molar-refractivity contribution in [3.05, 3.63) is 84.4 Å². The van der Waals surface area contributed by atoms with E-state index in [4.69, 9.17) is 9.47 Å². The lowest BCUT2D eigenvalue weighted by Crippen LogP contribution is -2.51. The largest absolute Gasteiger partial charge is 0.497 e. The van der Waals surface area contributed by atoms with Gasteiger partial charge in [-0.05, 0) is 55.3 Å². The molecule has 40 heavy (non-hydrogen) atoms. The second kappa shape index (κ2) is 14.4. The molecule has 10 heteroatoms. The van der Waals surface area contributed by atoms with Gasteiger partial charge in [-0.3, -0.25) is 13.9 Å². The zero-order valence-corrected chi connectivity index (χ0v) is 24.2. The summed E-state index contributed by atoms with van der Waals surface area (Å²) in [6.45, 7) is 3.70. The number of carbonyl (C=O) groups is 2. The van der Waals surface area contributed by atoms with E-state index in [-0.39, 0.29) is 23.0 Å². The van der Waals surface area contributed by atoms with Gasteiger partial charge in [0.25, 0.3) is 10.0 Å². The maximum atomic E-state index is 14.0. The van der Waals surface area contributed by atoms with Crippen molar-refractivity contribution >= 4 is 27.5 Å². The second-order valence-corrected chi connectivity index (χ2v) is 11.1. The number of unbranched alkanes of at least 4 members (excludes halogenated alkanes) is 1. The quantitative estimate of drug-likeness (QED) is 0.292. The molecule has 0 aliphatic rings. The number of nitrogens with zero attached hydrogens (tertiary/aromatic N) is 2. The minimum absolute atomic E-state index is 0.0373. The van der Waals surface area contributed by atoms with Crippen molar-refractivity contribution in [2.45, 2.75) is 44.2 Å². The molecule has 1 atom stereocenters. The third-order valence-electron chi connectivity index (χ3n) is 6.44. The second-order valence-electron chi connectivity index (χ2n) is 9.22. The Hall–Kier alpha value is -4.05. The van der Waals surface area contributed by atoms with Gasteiger partial charge in [0.15, 0.2) is 0 Å². The molecule has 3 aromatic rings. The summed E-state index contributed by atoms with van der Waals surface area (Å²) in [7, 11) is -1.12. The van der Waals surface area contributed by atoms with Gasteiger partial charge in [-0.15, -0.1) is 0 Å². The summed E-state index contributed by atoms with van der Waals surface area (Å²) in [4.78, 5) is 28.5. The van der Waals surface area contributed by atoms with E-state index in [9.17, 15) is 18.0 Å². The van der Waals surface area contributed by atoms with Crippen LogP contribution in [0.4, 0.5) is 5.69 Å². The van der Waals surface area contributed by atoms with Crippen molar-refractivity contribution in [1.29, 1.82) is 0 Å². The van der Waals surface area contributed by atoms with Crippen LogP contribution in [0.3, 0.4) is 0 Å². The van der Waals surface area contributed by atoms with Crippen molar-refractivity contribution in [3.8, 4) is 11.5 Å². The van der Waals surface area contributed by atoms with Crippen LogP contribution in [-0.2, 0) is 26.2 Å². The lowest BCUT2D eigenvalue weighted by Gasteiger charge is -2.32. The Morgan fingerprint density at radius 1 is 0.900 bits per heavy atom. The Morgan fingerprint density at radius 2 is 1.55 bits per heavy atom. The molecule has 214 valence electrons. The molecule has 0 radical (unpaired) electrons. The van der Waals surface area contributed by atoms with Gasteiger partial charge in [0, 0.05) is 19.2 Å². The summed E-state index contributed by atoms with van der Waals surface area (Å²) in [5.74, 6) is 0.191. The van der Waals surface area contributed by atoms with Crippen LogP contribution in [-0.4, -0.2) is 58.5 Å². The molecule has 0 aliphatic carbocycles. The number of benzene rings is 3. The summed E-state index contributed by atoms with van der Waals surface area (Å²) in [5.41, 5.74) is 0.998. The SMILES string of the molecule is CCCCNC(=O)[C@@H](C)N(Cc1cccc(OC)c1)C(=O)CN(c1cccc(OC)c1)S(=O)(=O)c1ccccc1. The number of sulfonamides is 1. The van der Waals surface area contributed by atoms with Gasteiger partial charge in [-0.2, -0.15) is 0 Å². The Labute approximate surface area is 236 Å². The van der Waals surface area contributed by atoms with E-state index in [0.29, 0.717) is 18.0 Å². The molecule has 1 N–H and O–H groups in total. The standard InChI is InChI=1S/C30H37N3O6S/c1-5-6-18-31-30(35)23(2)32(21-24-12-10-14-26(19-24)38-3)29(34)22-33(25-13-11-15-27(20-25)39-4)40(36,37)28-16-8-7-9-17-28/h7-17,19-20,23H,5-6,18,21-22H2,1-4H3,(H,31,35)/t23-/m1/s1. The van der Waals surface area contributed by atoms with E-state index in [1.807, 2.05) is 13.0 Å². The molecule has 9 nitrogen and oxygen atoms in total. The number of anilines is 1. The first-order valence-electron chi connectivity index (χ1n) is 13.1. The highest BCUT2D eigenvalue weighted by molar-refractivity contribution is 7.92. The minimum Gasteiger partial charge on any atom is -0.497 e. The third-order valence-corrected chi connectivity index (χ3v) is 8.22. The molecule has 0 spiro atoms. The number of nitrogens with one attached hydrogen (secondary N) is 1. The van der Waals surface area contributed by atoms with Crippen molar-refractivity contribution in [3.63, 3.8) is 0 Å². The average Bonchev–Trinajstić information content (AvgIpc) is 2.98. The highest BCUT2D eigenvalue weighted by Crippen LogP contribution is 2.27. The van der Waals surface area contributed by atoms with Crippen molar-refractivity contribution in [1.82, 2.24) is 10.2 Å². The molecule has 0 saturated carbocycles. The van der Waals surface area contributed by atoms with Crippen molar-refractivity contribution in [2.75, 3.05) is 31.6 Å². The molecule has 0 aliphatic heterocycles. The molecule has 2 amide bonds. The fourth-order valence-electron chi connectivity index (χ4n) is 4.10. The number of amides is 2. The fourth-order valence-corrected chi connectivity index (χ4v) is 5.53. The van der Waals surface area contributed by atoms with Crippen LogP contribution in [0.1, 0.15) is 32.3 Å². The summed E-state index contributed by atoms with van der Waals surface area (Å²) < 4.78 is 39.3. The number of methoxy groups -OCH3 is 2. The topological polar surface area (TPSA) is 105 Å². The Balaban J connectivity index is 2.01. The molecule has 0 unspecified atom stereocenters. The fraction of sp³-hybridized carbons (Fsp3) is 0.333. The lowest BCUT2D eigenvalue weighted by molar-refractivity contribution is -0.139. The average molecular weight is 568 g/mol. The summed E-state index contributed by atoms with van der Waals surface area (Å²) in [6.07, 6.45) is 1.72. The summed E-state index contributed by atoms with van der Waals surface area (Å²) >= 11 is 0. The van der Waals surface area contributed by atoms with Crippen molar-refractivity contribution < 1.29 is 27.5 Å². The van der Waals surface area contributed by atoms with Crippen LogP contribution < -0.4 is 19.1 Å². The number of rotatable bonds is 14. The Bertz CT molecular complexity index is 1380. The number of hydrogen-bond donors (Lipinski definition) is 1. The van der Waals surface area contributed by atoms with Crippen molar-refractivity contribution in [2.24, 2.45) is 0 Å². The van der Waals surface area contributed by atoms with Gasteiger partial charge in [0.2, 0.25) is 11.8 Å². The predicted molar refractivity (Wildman–Crippen MR) is 155 cm³/mol. The Kier molecular flexibility index (Phi) is 11.0. The maximum Gasteiger partial charge on any atom is 0.264 e. The molecule has 0 heterocycles. The maximum absolute atomic E-state index is 14.0. The molecule has 0 fully saturated rings. The van der Waals surface area contributed by atoms with Crippen LogP contribution in [0.15, 0.2) is 83.8 Å². The van der Waals surface area contributed by atoms with Crippen LogP contribution in [0.5, 0.6) is 11.5 Å². The van der Waals surface area contributed by atoms with Gasteiger partial charge in [-0.25, -0.2) is 8.42 Å². The van der Waals surface area contributed by atoms with Gasteiger partial charge >= 0.3 is 0 Å². The third kappa shape index (κ3) is 7.75. The molecule has 3 aromatic carbocycles. The molecule has 3 rings (SSSR count).